The molecule has 0 atom stereocenters. The highest BCUT2D eigenvalue weighted by Gasteiger charge is 2.14. The number of pyridine rings is 1. The summed E-state index contributed by atoms with van der Waals surface area (Å²) in [5.41, 5.74) is 1.57. The molecule has 0 bridgehead atoms. The molecule has 110 valence electrons. The predicted octanol–water partition coefficient (Wildman–Crippen LogP) is 2.14. The van der Waals surface area contributed by atoms with Crippen molar-refractivity contribution in [1.29, 1.82) is 5.26 Å². The van der Waals surface area contributed by atoms with Crippen LogP contribution in [0.1, 0.15) is 25.0 Å². The van der Waals surface area contributed by atoms with Crippen molar-refractivity contribution in [1.82, 2.24) is 4.98 Å². The van der Waals surface area contributed by atoms with Gasteiger partial charge in [0.25, 0.3) is 0 Å². The number of rotatable bonds is 9. The van der Waals surface area contributed by atoms with Gasteiger partial charge in [0.1, 0.15) is 11.9 Å². The zero-order chi connectivity index (χ0) is 14.8. The van der Waals surface area contributed by atoms with Gasteiger partial charge in [-0.15, -0.1) is 0 Å². The Labute approximate surface area is 121 Å². The normalized spacial score (nSPS) is 10.3. The second-order valence-corrected chi connectivity index (χ2v) is 4.32. The van der Waals surface area contributed by atoms with Gasteiger partial charge < -0.3 is 14.4 Å². The van der Waals surface area contributed by atoms with Gasteiger partial charge in [-0.05, 0) is 32.4 Å². The van der Waals surface area contributed by atoms with E-state index in [4.69, 9.17) is 9.47 Å². The largest absolute Gasteiger partial charge is 0.380 e. The maximum Gasteiger partial charge on any atom is 0.146 e. The van der Waals surface area contributed by atoms with Gasteiger partial charge in [-0.3, -0.25) is 0 Å². The topological polar surface area (TPSA) is 58.4 Å². The summed E-state index contributed by atoms with van der Waals surface area (Å²) in [6.07, 6.45) is 1.74. The Bertz CT molecular complexity index is 433. The molecule has 0 radical (unpaired) electrons. The maximum atomic E-state index is 9.31. The number of hydrogen-bond acceptors (Lipinski definition) is 5. The third kappa shape index (κ3) is 4.80. The van der Waals surface area contributed by atoms with E-state index < -0.39 is 0 Å². The van der Waals surface area contributed by atoms with Crippen LogP contribution in [0, 0.1) is 18.3 Å². The summed E-state index contributed by atoms with van der Waals surface area (Å²) in [5.74, 6) is 0.715. The molecule has 0 unspecified atom stereocenters. The molecule has 0 aliphatic carbocycles. The minimum absolute atomic E-state index is 0.614. The first-order valence-electron chi connectivity index (χ1n) is 7.00. The highest BCUT2D eigenvalue weighted by atomic mass is 16.5. The molecule has 0 N–H and O–H groups in total. The fourth-order valence-electron chi connectivity index (χ4n) is 1.88. The van der Waals surface area contributed by atoms with E-state index in [2.05, 4.69) is 16.0 Å². The fourth-order valence-corrected chi connectivity index (χ4v) is 1.88. The Hall–Kier alpha value is -1.64. The van der Waals surface area contributed by atoms with Crippen LogP contribution in [0.25, 0.3) is 0 Å². The molecule has 5 nitrogen and oxygen atoms in total. The Morgan fingerprint density at radius 3 is 2.30 bits per heavy atom. The van der Waals surface area contributed by atoms with Crippen LogP contribution in [-0.2, 0) is 9.47 Å². The van der Waals surface area contributed by atoms with Crippen molar-refractivity contribution in [3.63, 3.8) is 0 Å². The molecule has 0 aromatic carbocycles. The monoisotopic (exact) mass is 277 g/mol. The summed E-state index contributed by atoms with van der Waals surface area (Å²) in [6.45, 7) is 9.86. The number of aromatic nitrogens is 1. The molecule has 0 aliphatic heterocycles. The number of nitrogens with zero attached hydrogens (tertiary/aromatic N) is 3. The number of anilines is 1. The molecule has 0 saturated heterocycles. The molecular formula is C15H23N3O2. The van der Waals surface area contributed by atoms with E-state index in [9.17, 15) is 5.26 Å². The van der Waals surface area contributed by atoms with Crippen molar-refractivity contribution in [2.45, 2.75) is 20.8 Å². The van der Waals surface area contributed by atoms with Crippen LogP contribution in [0.4, 0.5) is 5.82 Å². The van der Waals surface area contributed by atoms with E-state index in [1.54, 1.807) is 6.20 Å². The van der Waals surface area contributed by atoms with Gasteiger partial charge in [-0.2, -0.15) is 5.26 Å². The molecule has 1 aromatic heterocycles. The molecule has 0 aliphatic rings. The van der Waals surface area contributed by atoms with Gasteiger partial charge in [0.15, 0.2) is 0 Å². The molecule has 0 amide bonds. The lowest BCUT2D eigenvalue weighted by atomic mass is 10.1. The zero-order valence-electron chi connectivity index (χ0n) is 12.6. The van der Waals surface area contributed by atoms with Gasteiger partial charge in [0.05, 0.1) is 18.8 Å². The molecule has 0 fully saturated rings. The molecule has 1 rings (SSSR count). The first-order chi connectivity index (χ1) is 9.74. The molecule has 1 aromatic rings. The number of nitriles is 1. The standard InChI is InChI=1S/C15H23N3O2/c1-4-19-10-8-18(9-11-20-5-2)15-14(12-16)13(3)6-7-17-15/h6-7H,4-5,8-11H2,1-3H3. The summed E-state index contributed by atoms with van der Waals surface area (Å²) in [6, 6.07) is 4.09. The third-order valence-electron chi connectivity index (χ3n) is 2.97. The lowest BCUT2D eigenvalue weighted by Gasteiger charge is -2.24. The lowest BCUT2D eigenvalue weighted by molar-refractivity contribution is 0.141. The zero-order valence-corrected chi connectivity index (χ0v) is 12.6. The first kappa shape index (κ1) is 16.4. The maximum absolute atomic E-state index is 9.31. The van der Waals surface area contributed by atoms with E-state index in [1.165, 1.54) is 0 Å². The second kappa shape index (κ2) is 9.29. The van der Waals surface area contributed by atoms with Crippen molar-refractivity contribution >= 4 is 5.82 Å². The summed E-state index contributed by atoms with van der Waals surface area (Å²) in [7, 11) is 0. The predicted molar refractivity (Wildman–Crippen MR) is 78.9 cm³/mol. The van der Waals surface area contributed by atoms with Crippen LogP contribution in [0.2, 0.25) is 0 Å². The second-order valence-electron chi connectivity index (χ2n) is 4.32. The Morgan fingerprint density at radius 1 is 1.20 bits per heavy atom. The number of aryl methyl sites for hydroxylation is 1. The minimum atomic E-state index is 0.614. The summed E-state index contributed by atoms with van der Waals surface area (Å²) < 4.78 is 10.8. The summed E-state index contributed by atoms with van der Waals surface area (Å²) >= 11 is 0. The summed E-state index contributed by atoms with van der Waals surface area (Å²) in [4.78, 5) is 6.41. The van der Waals surface area contributed by atoms with Crippen LogP contribution in [0.3, 0.4) is 0 Å². The van der Waals surface area contributed by atoms with E-state index >= 15 is 0 Å². The van der Waals surface area contributed by atoms with Crippen molar-refractivity contribution in [2.75, 3.05) is 44.4 Å². The quantitative estimate of drug-likeness (QED) is 0.647. The number of ether oxygens (including phenoxy) is 2. The van der Waals surface area contributed by atoms with Gasteiger partial charge in [0.2, 0.25) is 0 Å². The SMILES string of the molecule is CCOCCN(CCOCC)c1nccc(C)c1C#N. The summed E-state index contributed by atoms with van der Waals surface area (Å²) in [5, 5.41) is 9.31. The van der Waals surface area contributed by atoms with E-state index in [1.807, 2.05) is 26.8 Å². The highest BCUT2D eigenvalue weighted by Crippen LogP contribution is 2.19. The van der Waals surface area contributed by atoms with Crippen LogP contribution < -0.4 is 4.90 Å². The molecule has 5 heteroatoms. The molecular weight excluding hydrogens is 254 g/mol. The lowest BCUT2D eigenvalue weighted by Crippen LogP contribution is -2.32. The van der Waals surface area contributed by atoms with Crippen LogP contribution >= 0.6 is 0 Å². The Morgan fingerprint density at radius 2 is 1.80 bits per heavy atom. The average molecular weight is 277 g/mol. The smallest absolute Gasteiger partial charge is 0.146 e. The van der Waals surface area contributed by atoms with Crippen LogP contribution in [-0.4, -0.2) is 44.5 Å². The first-order valence-corrected chi connectivity index (χ1v) is 7.00. The van der Waals surface area contributed by atoms with E-state index in [0.29, 0.717) is 50.9 Å². The highest BCUT2D eigenvalue weighted by molar-refractivity contribution is 5.57. The van der Waals surface area contributed by atoms with Crippen molar-refractivity contribution in [3.05, 3.63) is 23.4 Å². The molecule has 0 spiro atoms. The van der Waals surface area contributed by atoms with Gasteiger partial charge in [-0.1, -0.05) is 0 Å². The van der Waals surface area contributed by atoms with Crippen molar-refractivity contribution < 1.29 is 9.47 Å². The van der Waals surface area contributed by atoms with E-state index in [-0.39, 0.29) is 0 Å². The van der Waals surface area contributed by atoms with Crippen LogP contribution in [0.15, 0.2) is 12.3 Å². The minimum Gasteiger partial charge on any atom is -0.380 e. The molecule has 1 heterocycles. The molecule has 0 saturated carbocycles. The van der Waals surface area contributed by atoms with Crippen molar-refractivity contribution in [3.8, 4) is 6.07 Å². The fraction of sp³-hybridized carbons (Fsp3) is 0.600. The van der Waals surface area contributed by atoms with Gasteiger partial charge >= 0.3 is 0 Å². The molecule has 20 heavy (non-hydrogen) atoms. The number of hydrogen-bond donors (Lipinski definition) is 0. The Kier molecular flexibility index (Phi) is 7.63. The van der Waals surface area contributed by atoms with Gasteiger partial charge in [0, 0.05) is 32.5 Å². The van der Waals surface area contributed by atoms with Gasteiger partial charge in [-0.25, -0.2) is 4.98 Å². The van der Waals surface area contributed by atoms with E-state index in [0.717, 1.165) is 5.56 Å². The van der Waals surface area contributed by atoms with Crippen molar-refractivity contribution in [2.24, 2.45) is 0 Å². The average Bonchev–Trinajstić information content (AvgIpc) is 2.46. The Balaban J connectivity index is 2.85. The van der Waals surface area contributed by atoms with Crippen LogP contribution in [0.5, 0.6) is 0 Å². The third-order valence-corrected chi connectivity index (χ3v) is 2.97.